The number of halogens is 1. The summed E-state index contributed by atoms with van der Waals surface area (Å²) in [5.74, 6) is -0.667. The van der Waals surface area contributed by atoms with Crippen LogP contribution >= 0.6 is 0 Å². The fourth-order valence-electron chi connectivity index (χ4n) is 3.62. The van der Waals surface area contributed by atoms with Gasteiger partial charge in [-0.1, -0.05) is 0 Å². The quantitative estimate of drug-likeness (QED) is 0.836. The van der Waals surface area contributed by atoms with Crippen LogP contribution in [0.3, 0.4) is 0 Å². The molecule has 150 valence electrons. The predicted octanol–water partition coefficient (Wildman–Crippen LogP) is 1.76. The van der Waals surface area contributed by atoms with Gasteiger partial charge in [0.15, 0.2) is 0 Å². The lowest BCUT2D eigenvalue weighted by molar-refractivity contribution is -0.137. The van der Waals surface area contributed by atoms with Crippen LogP contribution in [0.4, 0.5) is 4.39 Å². The zero-order chi connectivity index (χ0) is 20.3. The van der Waals surface area contributed by atoms with Crippen LogP contribution in [0.5, 0.6) is 0 Å². The highest BCUT2D eigenvalue weighted by Crippen LogP contribution is 2.24. The number of nitrogens with zero attached hydrogens (tertiary/aromatic N) is 3. The molecule has 7 nitrogen and oxygen atoms in total. The summed E-state index contributed by atoms with van der Waals surface area (Å²) >= 11 is 0. The van der Waals surface area contributed by atoms with E-state index in [9.17, 15) is 14.0 Å². The number of aromatic nitrogens is 2. The van der Waals surface area contributed by atoms with Gasteiger partial charge in [0.25, 0.3) is 0 Å². The van der Waals surface area contributed by atoms with E-state index >= 15 is 0 Å². The van der Waals surface area contributed by atoms with Crippen molar-refractivity contribution >= 4 is 11.8 Å². The van der Waals surface area contributed by atoms with Crippen LogP contribution in [-0.2, 0) is 16.1 Å². The Labute approximate surface area is 163 Å². The molecule has 28 heavy (non-hydrogen) atoms. The van der Waals surface area contributed by atoms with Gasteiger partial charge in [0.2, 0.25) is 11.8 Å². The summed E-state index contributed by atoms with van der Waals surface area (Å²) in [6.07, 6.45) is 3.04. The van der Waals surface area contributed by atoms with Crippen LogP contribution < -0.4 is 5.73 Å². The topological polar surface area (TPSA) is 95.3 Å². The smallest absolute Gasteiger partial charge is 0.227 e. The van der Waals surface area contributed by atoms with E-state index in [1.165, 1.54) is 19.1 Å². The summed E-state index contributed by atoms with van der Waals surface area (Å²) in [5, 5.41) is 7.00. The van der Waals surface area contributed by atoms with Crippen molar-refractivity contribution in [2.75, 3.05) is 20.1 Å². The van der Waals surface area contributed by atoms with Crippen molar-refractivity contribution in [3.05, 3.63) is 41.8 Å². The molecule has 1 aromatic carbocycles. The molecule has 0 aliphatic carbocycles. The first-order valence-electron chi connectivity index (χ1n) is 9.39. The van der Waals surface area contributed by atoms with Gasteiger partial charge >= 0.3 is 0 Å². The largest absolute Gasteiger partial charge is 0.341 e. The second-order valence-electron chi connectivity index (χ2n) is 7.43. The fourth-order valence-corrected chi connectivity index (χ4v) is 3.62. The summed E-state index contributed by atoms with van der Waals surface area (Å²) in [6.45, 7) is 2.75. The number of nitrogens with two attached hydrogens (primary N) is 1. The highest BCUT2D eigenvalue weighted by Gasteiger charge is 2.30. The van der Waals surface area contributed by atoms with Gasteiger partial charge < -0.3 is 15.5 Å². The number of rotatable bonds is 4. The Hall–Kier alpha value is -2.74. The molecule has 0 spiro atoms. The normalized spacial score (nSPS) is 19.9. The average Bonchev–Trinajstić information content (AvgIpc) is 3.02. The molecular weight excluding hydrogens is 361 g/mol. The summed E-state index contributed by atoms with van der Waals surface area (Å²) in [7, 11) is 1.74. The van der Waals surface area contributed by atoms with Gasteiger partial charge in [-0.3, -0.25) is 14.7 Å². The van der Waals surface area contributed by atoms with Gasteiger partial charge in [-0.2, -0.15) is 5.10 Å². The third-order valence-electron chi connectivity index (χ3n) is 5.21. The molecule has 1 fully saturated rings. The molecule has 2 aromatic rings. The molecule has 0 bridgehead atoms. The monoisotopic (exact) mass is 387 g/mol. The van der Waals surface area contributed by atoms with Crippen molar-refractivity contribution in [2.45, 2.75) is 32.4 Å². The molecule has 0 unspecified atom stereocenters. The highest BCUT2D eigenvalue weighted by atomic mass is 19.1. The Balaban J connectivity index is 1.72. The molecule has 8 heteroatoms. The molecule has 1 aliphatic heterocycles. The third kappa shape index (κ3) is 4.56. The summed E-state index contributed by atoms with van der Waals surface area (Å²) in [4.78, 5) is 28.1. The van der Waals surface area contributed by atoms with Gasteiger partial charge in [-0.25, -0.2) is 4.39 Å². The number of amides is 2. The lowest BCUT2D eigenvalue weighted by Crippen LogP contribution is -2.42. The first-order valence-corrected chi connectivity index (χ1v) is 9.39. The molecule has 2 atom stereocenters. The third-order valence-corrected chi connectivity index (χ3v) is 5.21. The van der Waals surface area contributed by atoms with Crippen molar-refractivity contribution in [3.63, 3.8) is 0 Å². The second-order valence-corrected chi connectivity index (χ2v) is 7.43. The van der Waals surface area contributed by atoms with Crippen molar-refractivity contribution < 1.29 is 14.0 Å². The first kappa shape index (κ1) is 20.0. The lowest BCUT2D eigenvalue weighted by Gasteiger charge is -2.27. The van der Waals surface area contributed by atoms with Crippen molar-refractivity contribution in [1.82, 2.24) is 20.0 Å². The molecule has 1 aliphatic rings. The highest BCUT2D eigenvalue weighted by molar-refractivity contribution is 5.80. The van der Waals surface area contributed by atoms with Crippen LogP contribution in [0.2, 0.25) is 0 Å². The minimum absolute atomic E-state index is 0.0217. The number of carbonyl (C=O) groups is 2. The van der Waals surface area contributed by atoms with E-state index in [0.29, 0.717) is 32.5 Å². The number of nitrogens with one attached hydrogen (secondary N) is 1. The van der Waals surface area contributed by atoms with Crippen LogP contribution in [0, 0.1) is 11.7 Å². The van der Waals surface area contributed by atoms with Crippen LogP contribution in [-0.4, -0.2) is 58.0 Å². The van der Waals surface area contributed by atoms with E-state index in [1.54, 1.807) is 35.2 Å². The number of likely N-dealkylation sites (tertiary alicyclic amines) is 1. The maximum Gasteiger partial charge on any atom is 0.227 e. The summed E-state index contributed by atoms with van der Waals surface area (Å²) < 4.78 is 13.2. The lowest BCUT2D eigenvalue weighted by atomic mass is 10.00. The van der Waals surface area contributed by atoms with Gasteiger partial charge in [0.05, 0.1) is 17.8 Å². The maximum atomic E-state index is 13.2. The SMILES string of the molecule is CC(=O)N1C[C@@H](N)CC[C@@H](C(=O)N(C)Cc2cn[nH]c2-c2ccc(F)cc2)C1. The predicted molar refractivity (Wildman–Crippen MR) is 103 cm³/mol. The molecule has 1 aromatic heterocycles. The Morgan fingerprint density at radius 3 is 2.68 bits per heavy atom. The zero-order valence-corrected chi connectivity index (χ0v) is 16.2. The number of H-pyrrole nitrogens is 1. The van der Waals surface area contributed by atoms with E-state index in [-0.39, 0.29) is 29.6 Å². The van der Waals surface area contributed by atoms with Crippen LogP contribution in [0.1, 0.15) is 25.3 Å². The Bertz CT molecular complexity index is 835. The Morgan fingerprint density at radius 2 is 2.00 bits per heavy atom. The summed E-state index contributed by atoms with van der Waals surface area (Å²) in [5.41, 5.74) is 8.45. The Morgan fingerprint density at radius 1 is 1.29 bits per heavy atom. The molecule has 2 heterocycles. The van der Waals surface area contributed by atoms with Crippen LogP contribution in [0.25, 0.3) is 11.3 Å². The number of aromatic amines is 1. The Kier molecular flexibility index (Phi) is 6.08. The van der Waals surface area contributed by atoms with Crippen molar-refractivity contribution in [2.24, 2.45) is 11.7 Å². The number of benzene rings is 1. The molecule has 2 amide bonds. The van der Waals surface area contributed by atoms with E-state index in [4.69, 9.17) is 5.73 Å². The van der Waals surface area contributed by atoms with Crippen LogP contribution in [0.15, 0.2) is 30.5 Å². The number of carbonyl (C=O) groups excluding carboxylic acids is 2. The molecule has 3 rings (SSSR count). The molecule has 0 saturated carbocycles. The van der Waals surface area contributed by atoms with Crippen molar-refractivity contribution in [3.8, 4) is 11.3 Å². The van der Waals surface area contributed by atoms with Crippen molar-refractivity contribution in [1.29, 1.82) is 0 Å². The average molecular weight is 387 g/mol. The molecule has 0 radical (unpaired) electrons. The molecule has 3 N–H and O–H groups in total. The van der Waals surface area contributed by atoms with Gasteiger partial charge in [-0.15, -0.1) is 0 Å². The molecular formula is C20H26FN5O2. The minimum atomic E-state index is -0.307. The van der Waals surface area contributed by atoms with E-state index in [0.717, 1.165) is 16.8 Å². The standard InChI is InChI=1S/C20H26FN5O2/c1-13(27)26-11-15(5-8-18(22)12-26)20(28)25(2)10-16-9-23-24-19(16)14-3-6-17(21)7-4-14/h3-4,6-7,9,15,18H,5,8,10-12,22H2,1-2H3,(H,23,24)/t15-,18+/m1/s1. The number of hydrogen-bond acceptors (Lipinski definition) is 4. The summed E-state index contributed by atoms with van der Waals surface area (Å²) in [6, 6.07) is 6.02. The molecule has 1 saturated heterocycles. The van der Waals surface area contributed by atoms with Gasteiger partial charge in [-0.05, 0) is 37.1 Å². The van der Waals surface area contributed by atoms with E-state index in [1.807, 2.05) is 0 Å². The van der Waals surface area contributed by atoms with Gasteiger partial charge in [0, 0.05) is 50.8 Å². The first-order chi connectivity index (χ1) is 13.3. The number of hydrogen-bond donors (Lipinski definition) is 2. The van der Waals surface area contributed by atoms with Gasteiger partial charge in [0.1, 0.15) is 5.82 Å². The minimum Gasteiger partial charge on any atom is -0.341 e. The second kappa shape index (κ2) is 8.52. The fraction of sp³-hybridized carbons (Fsp3) is 0.450. The zero-order valence-electron chi connectivity index (χ0n) is 16.2. The van der Waals surface area contributed by atoms with E-state index < -0.39 is 0 Å². The maximum absolute atomic E-state index is 13.2. The van der Waals surface area contributed by atoms with E-state index in [2.05, 4.69) is 10.2 Å².